The maximum Gasteiger partial charge on any atom is 0.324 e. The Balaban J connectivity index is 1.91. The van der Waals surface area contributed by atoms with E-state index in [1.807, 2.05) is 4.90 Å². The summed E-state index contributed by atoms with van der Waals surface area (Å²) in [6, 6.07) is -0.332. The highest BCUT2D eigenvalue weighted by Crippen LogP contribution is 2.11. The van der Waals surface area contributed by atoms with Crippen molar-refractivity contribution in [2.24, 2.45) is 0 Å². The first-order valence-electron chi connectivity index (χ1n) is 6.93. The third-order valence-electron chi connectivity index (χ3n) is 3.14. The minimum atomic E-state index is -0.332. The largest absolute Gasteiger partial charge is 0.464 e. The molecule has 0 amide bonds. The summed E-state index contributed by atoms with van der Waals surface area (Å²) in [5.41, 5.74) is 6.10. The van der Waals surface area contributed by atoms with Crippen molar-refractivity contribution in [1.29, 1.82) is 0 Å². The van der Waals surface area contributed by atoms with Crippen molar-refractivity contribution >= 4 is 17.6 Å². The van der Waals surface area contributed by atoms with Crippen molar-refractivity contribution in [3.8, 4) is 0 Å². The molecule has 7 nitrogen and oxygen atoms in total. The number of carbonyl (C=O) groups is 1. The first-order valence-corrected chi connectivity index (χ1v) is 6.93. The van der Waals surface area contributed by atoms with E-state index in [1.54, 1.807) is 12.4 Å². The zero-order chi connectivity index (χ0) is 14.4. The summed E-state index contributed by atoms with van der Waals surface area (Å²) >= 11 is 0. The molecule has 0 bridgehead atoms. The van der Waals surface area contributed by atoms with Crippen LogP contribution < -0.4 is 16.0 Å². The molecule has 3 N–H and O–H groups in total. The third kappa shape index (κ3) is 3.80. The normalized spacial score (nSPS) is 18.9. The Morgan fingerprint density at radius 1 is 1.55 bits per heavy atom. The fraction of sp³-hybridized carbons (Fsp3) is 0.615. The van der Waals surface area contributed by atoms with Crippen molar-refractivity contribution in [3.63, 3.8) is 0 Å². The molecule has 1 aromatic heterocycles. The number of anilines is 2. The maximum absolute atomic E-state index is 11.9. The molecule has 1 atom stereocenters. The van der Waals surface area contributed by atoms with Crippen molar-refractivity contribution in [2.75, 3.05) is 36.9 Å². The Morgan fingerprint density at radius 2 is 2.30 bits per heavy atom. The van der Waals surface area contributed by atoms with E-state index in [-0.39, 0.29) is 12.0 Å². The molecule has 7 heteroatoms. The van der Waals surface area contributed by atoms with Gasteiger partial charge in [-0.15, -0.1) is 0 Å². The number of nitrogens with zero attached hydrogens (tertiary/aromatic N) is 3. The molecule has 0 spiro atoms. The molecule has 0 aromatic carbocycles. The van der Waals surface area contributed by atoms with Gasteiger partial charge in [-0.1, -0.05) is 13.3 Å². The average Bonchev–Trinajstić information content (AvgIpc) is 2.48. The molecule has 1 fully saturated rings. The van der Waals surface area contributed by atoms with E-state index in [9.17, 15) is 4.79 Å². The van der Waals surface area contributed by atoms with E-state index in [0.29, 0.717) is 31.3 Å². The Kier molecular flexibility index (Phi) is 5.11. The van der Waals surface area contributed by atoms with E-state index < -0.39 is 0 Å². The van der Waals surface area contributed by atoms with Crippen LogP contribution in [0.2, 0.25) is 0 Å². The molecule has 1 aliphatic rings. The summed E-state index contributed by atoms with van der Waals surface area (Å²) in [5, 5.41) is 3.16. The Hall–Kier alpha value is -1.89. The third-order valence-corrected chi connectivity index (χ3v) is 3.14. The molecule has 2 rings (SSSR count). The molecule has 1 aliphatic heterocycles. The number of esters is 1. The van der Waals surface area contributed by atoms with Crippen molar-refractivity contribution in [2.45, 2.75) is 25.8 Å². The molecule has 1 aromatic rings. The number of nitrogens with one attached hydrogen (secondary N) is 1. The number of nitrogens with two attached hydrogens (primary N) is 1. The minimum absolute atomic E-state index is 0.210. The second-order valence-electron chi connectivity index (χ2n) is 4.79. The topological polar surface area (TPSA) is 93.4 Å². The summed E-state index contributed by atoms with van der Waals surface area (Å²) in [4.78, 5) is 22.3. The van der Waals surface area contributed by atoms with E-state index in [0.717, 1.165) is 19.4 Å². The maximum atomic E-state index is 11.9. The fourth-order valence-corrected chi connectivity index (χ4v) is 2.00. The Labute approximate surface area is 118 Å². The predicted molar refractivity (Wildman–Crippen MR) is 76.3 cm³/mol. The number of aromatic nitrogens is 2. The SMILES string of the molecule is CCCCOC(=O)C1CN(c2ncc(N)cn2)CCN1. The zero-order valence-electron chi connectivity index (χ0n) is 11.7. The van der Waals surface area contributed by atoms with Gasteiger partial charge in [0.1, 0.15) is 6.04 Å². The molecule has 0 radical (unpaired) electrons. The predicted octanol–water partition coefficient (Wildman–Crippen LogP) is 0.180. The lowest BCUT2D eigenvalue weighted by Gasteiger charge is -2.32. The standard InChI is InChI=1S/C13H21N5O2/c1-2-3-6-20-12(19)11-9-18(5-4-15-11)13-16-7-10(14)8-17-13/h7-8,11,15H,2-6,9,14H2,1H3. The number of hydrogen-bond acceptors (Lipinski definition) is 7. The van der Waals surface area contributed by atoms with E-state index in [4.69, 9.17) is 10.5 Å². The summed E-state index contributed by atoms with van der Waals surface area (Å²) in [5.74, 6) is 0.380. The van der Waals surface area contributed by atoms with Gasteiger partial charge in [-0.3, -0.25) is 4.79 Å². The average molecular weight is 279 g/mol. The van der Waals surface area contributed by atoms with Crippen LogP contribution in [0.25, 0.3) is 0 Å². The molecule has 0 aliphatic carbocycles. The highest BCUT2D eigenvalue weighted by atomic mass is 16.5. The van der Waals surface area contributed by atoms with Crippen LogP contribution in [0.3, 0.4) is 0 Å². The molecule has 20 heavy (non-hydrogen) atoms. The van der Waals surface area contributed by atoms with E-state index in [2.05, 4.69) is 22.2 Å². The van der Waals surface area contributed by atoms with Crippen LogP contribution >= 0.6 is 0 Å². The smallest absolute Gasteiger partial charge is 0.324 e. The minimum Gasteiger partial charge on any atom is -0.464 e. The van der Waals surface area contributed by atoms with Gasteiger partial charge in [0, 0.05) is 19.6 Å². The van der Waals surface area contributed by atoms with Gasteiger partial charge in [-0.25, -0.2) is 9.97 Å². The van der Waals surface area contributed by atoms with Gasteiger partial charge in [0.05, 0.1) is 24.7 Å². The quantitative estimate of drug-likeness (QED) is 0.586. The summed E-state index contributed by atoms with van der Waals surface area (Å²) in [7, 11) is 0. The summed E-state index contributed by atoms with van der Waals surface area (Å²) in [6.07, 6.45) is 5.04. The molecule has 0 saturated carbocycles. The van der Waals surface area contributed by atoms with Crippen LogP contribution in [-0.2, 0) is 9.53 Å². The second-order valence-corrected chi connectivity index (χ2v) is 4.79. The number of hydrogen-bond donors (Lipinski definition) is 2. The highest BCUT2D eigenvalue weighted by molar-refractivity contribution is 5.77. The summed E-state index contributed by atoms with van der Waals surface area (Å²) < 4.78 is 5.24. The van der Waals surface area contributed by atoms with Crippen LogP contribution in [0.1, 0.15) is 19.8 Å². The number of carbonyl (C=O) groups excluding carboxylic acids is 1. The highest BCUT2D eigenvalue weighted by Gasteiger charge is 2.27. The Morgan fingerprint density at radius 3 is 3.00 bits per heavy atom. The number of nitrogen functional groups attached to an aromatic ring is 1. The van der Waals surface area contributed by atoms with Gasteiger partial charge in [0.15, 0.2) is 0 Å². The van der Waals surface area contributed by atoms with Crippen LogP contribution in [0, 0.1) is 0 Å². The molecule has 1 saturated heterocycles. The van der Waals surface area contributed by atoms with Gasteiger partial charge in [-0.2, -0.15) is 0 Å². The number of unbranched alkanes of at least 4 members (excludes halogenated alkanes) is 1. The lowest BCUT2D eigenvalue weighted by Crippen LogP contribution is -2.55. The number of ether oxygens (including phenoxy) is 1. The zero-order valence-corrected chi connectivity index (χ0v) is 11.7. The van der Waals surface area contributed by atoms with Gasteiger partial charge >= 0.3 is 5.97 Å². The fourth-order valence-electron chi connectivity index (χ4n) is 2.00. The van der Waals surface area contributed by atoms with Gasteiger partial charge in [0.25, 0.3) is 0 Å². The molecular formula is C13H21N5O2. The van der Waals surface area contributed by atoms with Gasteiger partial charge in [-0.05, 0) is 6.42 Å². The number of piperazine rings is 1. The first kappa shape index (κ1) is 14.5. The van der Waals surface area contributed by atoms with Crippen LogP contribution in [0.15, 0.2) is 12.4 Å². The Bertz CT molecular complexity index is 437. The summed E-state index contributed by atoms with van der Waals surface area (Å²) in [6.45, 7) is 4.50. The molecule has 1 unspecified atom stereocenters. The monoisotopic (exact) mass is 279 g/mol. The lowest BCUT2D eigenvalue weighted by atomic mass is 10.2. The van der Waals surface area contributed by atoms with Crippen LogP contribution in [-0.4, -0.2) is 48.2 Å². The van der Waals surface area contributed by atoms with E-state index in [1.165, 1.54) is 0 Å². The number of rotatable bonds is 5. The van der Waals surface area contributed by atoms with Crippen molar-refractivity contribution in [3.05, 3.63) is 12.4 Å². The lowest BCUT2D eigenvalue weighted by molar-refractivity contribution is -0.146. The van der Waals surface area contributed by atoms with Crippen LogP contribution in [0.4, 0.5) is 11.6 Å². The molecular weight excluding hydrogens is 258 g/mol. The second kappa shape index (κ2) is 7.04. The van der Waals surface area contributed by atoms with Gasteiger partial charge in [0.2, 0.25) is 5.95 Å². The van der Waals surface area contributed by atoms with E-state index >= 15 is 0 Å². The van der Waals surface area contributed by atoms with Gasteiger partial charge < -0.3 is 20.7 Å². The van der Waals surface area contributed by atoms with Crippen LogP contribution in [0.5, 0.6) is 0 Å². The molecule has 2 heterocycles. The van der Waals surface area contributed by atoms with Crippen molar-refractivity contribution in [1.82, 2.24) is 15.3 Å². The first-order chi connectivity index (χ1) is 9.70. The van der Waals surface area contributed by atoms with Crippen molar-refractivity contribution < 1.29 is 9.53 Å². The molecule has 110 valence electrons.